The first-order valence-corrected chi connectivity index (χ1v) is 6.41. The summed E-state index contributed by atoms with van der Waals surface area (Å²) in [5, 5.41) is 3.44. The van der Waals surface area contributed by atoms with E-state index >= 15 is 0 Å². The summed E-state index contributed by atoms with van der Waals surface area (Å²) in [4.78, 5) is 0. The van der Waals surface area contributed by atoms with Crippen LogP contribution in [-0.4, -0.2) is 0 Å². The van der Waals surface area contributed by atoms with Crippen molar-refractivity contribution in [3.63, 3.8) is 0 Å². The molecule has 0 bridgehead atoms. The number of nitrogens with one attached hydrogen (secondary N) is 1. The molecule has 2 nitrogen and oxygen atoms in total. The maximum atomic E-state index is 13.2. The third-order valence-electron chi connectivity index (χ3n) is 2.50. The van der Waals surface area contributed by atoms with Crippen molar-refractivity contribution < 1.29 is 4.39 Å². The van der Waals surface area contributed by atoms with E-state index in [4.69, 9.17) is 17.3 Å². The van der Waals surface area contributed by atoms with Crippen LogP contribution in [0.15, 0.2) is 34.8 Å². The molecule has 0 saturated heterocycles. The maximum absolute atomic E-state index is 13.2. The molecule has 0 fully saturated rings. The van der Waals surface area contributed by atoms with Crippen molar-refractivity contribution in [3.05, 3.63) is 51.2 Å². The third-order valence-corrected chi connectivity index (χ3v) is 3.37. The lowest BCUT2D eigenvalue weighted by Crippen LogP contribution is -1.96. The number of nitrogens with two attached hydrogens (primary N) is 1. The minimum absolute atomic E-state index is 0.348. The van der Waals surface area contributed by atoms with Crippen LogP contribution in [0.5, 0.6) is 0 Å². The molecule has 0 amide bonds. The van der Waals surface area contributed by atoms with Crippen molar-refractivity contribution in [2.75, 3.05) is 11.1 Å². The van der Waals surface area contributed by atoms with Crippen LogP contribution in [0, 0.1) is 12.7 Å². The lowest BCUT2D eigenvalue weighted by molar-refractivity contribution is 0.628. The molecule has 0 aliphatic rings. The second-order valence-electron chi connectivity index (χ2n) is 3.97. The topological polar surface area (TPSA) is 38.0 Å². The summed E-state index contributed by atoms with van der Waals surface area (Å²) < 4.78 is 14.0. The molecule has 2 aromatic rings. The highest BCUT2D eigenvalue weighted by Gasteiger charge is 2.05. The van der Waals surface area contributed by atoms with Gasteiger partial charge in [-0.3, -0.25) is 0 Å². The van der Waals surface area contributed by atoms with Crippen LogP contribution >= 0.6 is 27.5 Å². The standard InChI is InChI=1S/C13H11BrClFN2/c1-7-2-13(11(14)6-12(7)17)18-10-4-8(15)3-9(16)5-10/h2-6,18H,17H2,1H3. The van der Waals surface area contributed by atoms with Gasteiger partial charge in [-0.05, 0) is 58.7 Å². The zero-order chi connectivity index (χ0) is 13.3. The predicted octanol–water partition coefficient (Wildman–Crippen LogP) is 4.88. The van der Waals surface area contributed by atoms with E-state index in [-0.39, 0.29) is 5.82 Å². The molecule has 0 saturated carbocycles. The molecule has 18 heavy (non-hydrogen) atoms. The zero-order valence-corrected chi connectivity index (χ0v) is 11.9. The van der Waals surface area contributed by atoms with Crippen molar-refractivity contribution in [2.24, 2.45) is 0 Å². The first-order valence-electron chi connectivity index (χ1n) is 5.24. The molecule has 2 rings (SSSR count). The number of benzene rings is 2. The van der Waals surface area contributed by atoms with Crippen molar-refractivity contribution in [2.45, 2.75) is 6.92 Å². The summed E-state index contributed by atoms with van der Waals surface area (Å²) in [6, 6.07) is 7.99. The van der Waals surface area contributed by atoms with E-state index in [9.17, 15) is 4.39 Å². The summed E-state index contributed by atoms with van der Waals surface area (Å²) in [5.74, 6) is -0.381. The Balaban J connectivity index is 2.36. The molecule has 0 radical (unpaired) electrons. The van der Waals surface area contributed by atoms with Gasteiger partial charge in [0.15, 0.2) is 0 Å². The van der Waals surface area contributed by atoms with Gasteiger partial charge in [-0.15, -0.1) is 0 Å². The van der Waals surface area contributed by atoms with Gasteiger partial charge in [0.1, 0.15) is 5.82 Å². The number of halogens is 3. The minimum Gasteiger partial charge on any atom is -0.398 e. The van der Waals surface area contributed by atoms with Gasteiger partial charge in [0.2, 0.25) is 0 Å². The van der Waals surface area contributed by atoms with Crippen molar-refractivity contribution in [3.8, 4) is 0 Å². The van der Waals surface area contributed by atoms with Gasteiger partial charge in [0.25, 0.3) is 0 Å². The van der Waals surface area contributed by atoms with Gasteiger partial charge >= 0.3 is 0 Å². The predicted molar refractivity (Wildman–Crippen MR) is 78.0 cm³/mol. The summed E-state index contributed by atoms with van der Waals surface area (Å²) >= 11 is 9.21. The fourth-order valence-electron chi connectivity index (χ4n) is 1.57. The van der Waals surface area contributed by atoms with E-state index in [0.717, 1.165) is 15.7 Å². The maximum Gasteiger partial charge on any atom is 0.126 e. The second-order valence-corrected chi connectivity index (χ2v) is 5.26. The van der Waals surface area contributed by atoms with Crippen LogP contribution in [-0.2, 0) is 0 Å². The van der Waals surface area contributed by atoms with E-state index in [2.05, 4.69) is 21.2 Å². The fourth-order valence-corrected chi connectivity index (χ4v) is 2.26. The van der Waals surface area contributed by atoms with Crippen LogP contribution in [0.25, 0.3) is 0 Å². The molecule has 0 atom stereocenters. The van der Waals surface area contributed by atoms with E-state index in [0.29, 0.717) is 16.4 Å². The number of nitrogen functional groups attached to an aromatic ring is 1. The smallest absolute Gasteiger partial charge is 0.126 e. The Kier molecular flexibility index (Phi) is 3.78. The Morgan fingerprint density at radius 3 is 2.61 bits per heavy atom. The van der Waals surface area contributed by atoms with Crippen LogP contribution in [0.3, 0.4) is 0 Å². The van der Waals surface area contributed by atoms with Crippen molar-refractivity contribution in [1.29, 1.82) is 0 Å². The average Bonchev–Trinajstić information content (AvgIpc) is 2.24. The van der Waals surface area contributed by atoms with E-state index in [1.165, 1.54) is 12.1 Å². The van der Waals surface area contributed by atoms with Crippen LogP contribution in [0.2, 0.25) is 5.02 Å². The van der Waals surface area contributed by atoms with Gasteiger partial charge in [-0.2, -0.15) is 0 Å². The summed E-state index contributed by atoms with van der Waals surface area (Å²) in [5.41, 5.74) is 8.83. The molecular formula is C13H11BrClFN2. The minimum atomic E-state index is -0.381. The molecule has 0 unspecified atom stereocenters. The largest absolute Gasteiger partial charge is 0.398 e. The molecule has 0 spiro atoms. The Morgan fingerprint density at radius 2 is 1.94 bits per heavy atom. The Hall–Kier alpha value is -1.26. The fraction of sp³-hybridized carbons (Fsp3) is 0.0769. The molecule has 0 heterocycles. The molecular weight excluding hydrogens is 319 g/mol. The first kappa shape index (κ1) is 13.2. The molecule has 0 aromatic heterocycles. The van der Waals surface area contributed by atoms with Crippen LogP contribution in [0.1, 0.15) is 5.56 Å². The number of hydrogen-bond donors (Lipinski definition) is 2. The van der Waals surface area contributed by atoms with E-state index in [1.54, 1.807) is 12.1 Å². The normalized spacial score (nSPS) is 10.4. The second kappa shape index (κ2) is 5.16. The zero-order valence-electron chi connectivity index (χ0n) is 9.60. The SMILES string of the molecule is Cc1cc(Nc2cc(F)cc(Cl)c2)c(Br)cc1N. The molecule has 3 N–H and O–H groups in total. The van der Waals surface area contributed by atoms with Crippen molar-refractivity contribution in [1.82, 2.24) is 0 Å². The first-order chi connectivity index (χ1) is 8.45. The van der Waals surface area contributed by atoms with Crippen LogP contribution < -0.4 is 11.1 Å². The summed E-state index contributed by atoms with van der Waals surface area (Å²) in [7, 11) is 0. The quantitative estimate of drug-likeness (QED) is 0.771. The van der Waals surface area contributed by atoms with Gasteiger partial charge in [-0.25, -0.2) is 4.39 Å². The molecule has 2 aromatic carbocycles. The highest BCUT2D eigenvalue weighted by molar-refractivity contribution is 9.10. The van der Waals surface area contributed by atoms with E-state index in [1.807, 2.05) is 13.0 Å². The highest BCUT2D eigenvalue weighted by Crippen LogP contribution is 2.31. The Bertz CT molecular complexity index is 582. The number of hydrogen-bond acceptors (Lipinski definition) is 2. The molecule has 0 aliphatic carbocycles. The third kappa shape index (κ3) is 2.94. The molecule has 94 valence electrons. The Morgan fingerprint density at radius 1 is 1.22 bits per heavy atom. The van der Waals surface area contributed by atoms with Crippen molar-refractivity contribution >= 4 is 44.6 Å². The molecule has 0 aliphatic heterocycles. The monoisotopic (exact) mass is 328 g/mol. The van der Waals surface area contributed by atoms with Crippen LogP contribution in [0.4, 0.5) is 21.5 Å². The number of anilines is 3. The lowest BCUT2D eigenvalue weighted by Gasteiger charge is -2.11. The highest BCUT2D eigenvalue weighted by atomic mass is 79.9. The summed E-state index contributed by atoms with van der Waals surface area (Å²) in [6.45, 7) is 1.91. The van der Waals surface area contributed by atoms with Gasteiger partial charge < -0.3 is 11.1 Å². The summed E-state index contributed by atoms with van der Waals surface area (Å²) in [6.07, 6.45) is 0. The average molecular weight is 330 g/mol. The van der Waals surface area contributed by atoms with Gasteiger partial charge in [0.05, 0.1) is 5.69 Å². The lowest BCUT2D eigenvalue weighted by atomic mass is 10.2. The Labute approximate surface area is 118 Å². The van der Waals surface area contributed by atoms with Gasteiger partial charge in [0, 0.05) is 20.9 Å². The number of rotatable bonds is 2. The molecule has 5 heteroatoms. The van der Waals surface area contributed by atoms with E-state index < -0.39 is 0 Å². The number of aryl methyl sites for hydroxylation is 1. The van der Waals surface area contributed by atoms with Gasteiger partial charge in [-0.1, -0.05) is 11.6 Å².